The first-order valence-electron chi connectivity index (χ1n) is 6.38. The quantitative estimate of drug-likeness (QED) is 0.691. The molecular formula is C16H14O5. The molecule has 0 unspecified atom stereocenters. The number of phenolic OH excluding ortho intramolecular Hbond substituents is 1. The van der Waals surface area contributed by atoms with Crippen molar-refractivity contribution in [2.75, 3.05) is 6.61 Å². The normalized spacial score (nSPS) is 9.95. The summed E-state index contributed by atoms with van der Waals surface area (Å²) in [6.45, 7) is 2.03. The molecule has 0 spiro atoms. The summed E-state index contributed by atoms with van der Waals surface area (Å²) in [6, 6.07) is 11.8. The summed E-state index contributed by atoms with van der Waals surface area (Å²) in [5, 5.41) is 9.16. The van der Waals surface area contributed by atoms with Crippen molar-refractivity contribution in [3.8, 4) is 11.5 Å². The smallest absolute Gasteiger partial charge is 0.343 e. The molecule has 2 aromatic carbocycles. The number of rotatable bonds is 4. The fraction of sp³-hybridized carbons (Fsp3) is 0.125. The van der Waals surface area contributed by atoms with Gasteiger partial charge >= 0.3 is 11.9 Å². The molecule has 5 nitrogen and oxygen atoms in total. The number of aromatic hydroxyl groups is 1. The minimum atomic E-state index is -0.543. The predicted octanol–water partition coefficient (Wildman–Crippen LogP) is 2.79. The van der Waals surface area contributed by atoms with Gasteiger partial charge in [-0.05, 0) is 55.5 Å². The SMILES string of the molecule is CCOC(=O)c1ccc(OC(=O)c2ccc(O)cc2)cc1. The zero-order chi connectivity index (χ0) is 15.2. The number of phenols is 1. The molecule has 0 aliphatic carbocycles. The van der Waals surface area contributed by atoms with Crippen molar-refractivity contribution in [3.05, 3.63) is 59.7 Å². The highest BCUT2D eigenvalue weighted by Crippen LogP contribution is 2.16. The van der Waals surface area contributed by atoms with Crippen molar-refractivity contribution in [1.29, 1.82) is 0 Å². The Morgan fingerprint density at radius 1 is 0.905 bits per heavy atom. The Morgan fingerprint density at radius 2 is 1.43 bits per heavy atom. The van der Waals surface area contributed by atoms with E-state index in [0.29, 0.717) is 23.5 Å². The third-order valence-corrected chi connectivity index (χ3v) is 2.68. The van der Waals surface area contributed by atoms with E-state index in [1.807, 2.05) is 0 Å². The first kappa shape index (κ1) is 14.6. The van der Waals surface area contributed by atoms with Crippen LogP contribution in [0.1, 0.15) is 27.6 Å². The van der Waals surface area contributed by atoms with Gasteiger partial charge in [0, 0.05) is 0 Å². The summed E-state index contributed by atoms with van der Waals surface area (Å²) in [4.78, 5) is 23.3. The van der Waals surface area contributed by atoms with Crippen LogP contribution in [0.5, 0.6) is 11.5 Å². The fourth-order valence-electron chi connectivity index (χ4n) is 1.64. The number of carbonyl (C=O) groups excluding carboxylic acids is 2. The highest BCUT2D eigenvalue weighted by molar-refractivity contribution is 5.92. The zero-order valence-electron chi connectivity index (χ0n) is 11.4. The summed E-state index contributed by atoms with van der Waals surface area (Å²) >= 11 is 0. The molecule has 21 heavy (non-hydrogen) atoms. The van der Waals surface area contributed by atoms with Crippen LogP contribution in [0.4, 0.5) is 0 Å². The maximum absolute atomic E-state index is 11.9. The van der Waals surface area contributed by atoms with Crippen LogP contribution in [-0.2, 0) is 4.74 Å². The maximum atomic E-state index is 11.9. The van der Waals surface area contributed by atoms with Gasteiger partial charge in [0.1, 0.15) is 11.5 Å². The molecule has 1 N–H and O–H groups in total. The molecule has 0 heterocycles. The lowest BCUT2D eigenvalue weighted by molar-refractivity contribution is 0.0526. The van der Waals surface area contributed by atoms with Crippen LogP contribution in [0.25, 0.3) is 0 Å². The Labute approximate surface area is 121 Å². The largest absolute Gasteiger partial charge is 0.508 e. The van der Waals surface area contributed by atoms with E-state index in [1.54, 1.807) is 6.92 Å². The highest BCUT2D eigenvalue weighted by atomic mass is 16.5. The highest BCUT2D eigenvalue weighted by Gasteiger charge is 2.10. The van der Waals surface area contributed by atoms with E-state index in [4.69, 9.17) is 14.6 Å². The molecule has 2 aromatic rings. The van der Waals surface area contributed by atoms with Gasteiger partial charge in [-0.1, -0.05) is 0 Å². The van der Waals surface area contributed by atoms with Crippen molar-refractivity contribution >= 4 is 11.9 Å². The summed E-state index contributed by atoms with van der Waals surface area (Å²) in [5.41, 5.74) is 0.712. The topological polar surface area (TPSA) is 72.8 Å². The van der Waals surface area contributed by atoms with E-state index in [1.165, 1.54) is 48.5 Å². The molecule has 0 atom stereocenters. The van der Waals surface area contributed by atoms with Crippen LogP contribution in [0.15, 0.2) is 48.5 Å². The minimum Gasteiger partial charge on any atom is -0.508 e. The second-order valence-electron chi connectivity index (χ2n) is 4.18. The Morgan fingerprint density at radius 3 is 2.00 bits per heavy atom. The molecule has 0 saturated carbocycles. The molecule has 0 saturated heterocycles. The van der Waals surface area contributed by atoms with Gasteiger partial charge in [0.15, 0.2) is 0 Å². The summed E-state index contributed by atoms with van der Waals surface area (Å²) in [6.07, 6.45) is 0. The second kappa shape index (κ2) is 6.56. The lowest BCUT2D eigenvalue weighted by Gasteiger charge is -2.06. The first-order valence-corrected chi connectivity index (χ1v) is 6.38. The average molecular weight is 286 g/mol. The van der Waals surface area contributed by atoms with Crippen LogP contribution >= 0.6 is 0 Å². The van der Waals surface area contributed by atoms with Gasteiger partial charge in [0.25, 0.3) is 0 Å². The molecule has 0 radical (unpaired) electrons. The summed E-state index contributed by atoms with van der Waals surface area (Å²) in [5.74, 6) is -0.570. The van der Waals surface area contributed by atoms with Crippen molar-refractivity contribution < 1.29 is 24.2 Å². The lowest BCUT2D eigenvalue weighted by Crippen LogP contribution is -2.09. The average Bonchev–Trinajstić information content (AvgIpc) is 2.49. The van der Waals surface area contributed by atoms with Gasteiger partial charge in [0.05, 0.1) is 17.7 Å². The van der Waals surface area contributed by atoms with Crippen LogP contribution < -0.4 is 4.74 Å². The van der Waals surface area contributed by atoms with Crippen LogP contribution in [-0.4, -0.2) is 23.7 Å². The Bertz CT molecular complexity index is 629. The van der Waals surface area contributed by atoms with Crippen LogP contribution in [0.2, 0.25) is 0 Å². The Hall–Kier alpha value is -2.82. The number of esters is 2. The molecule has 0 amide bonds. The van der Waals surface area contributed by atoms with E-state index in [0.717, 1.165) is 0 Å². The van der Waals surface area contributed by atoms with Crippen LogP contribution in [0, 0.1) is 0 Å². The van der Waals surface area contributed by atoms with E-state index in [9.17, 15) is 9.59 Å². The van der Waals surface area contributed by atoms with Gasteiger partial charge in [0.2, 0.25) is 0 Å². The molecule has 0 aliphatic heterocycles. The molecule has 0 bridgehead atoms. The molecular weight excluding hydrogens is 272 g/mol. The Balaban J connectivity index is 2.04. The maximum Gasteiger partial charge on any atom is 0.343 e. The predicted molar refractivity (Wildman–Crippen MR) is 75.5 cm³/mol. The fourth-order valence-corrected chi connectivity index (χ4v) is 1.64. The molecule has 0 aromatic heterocycles. The van der Waals surface area contributed by atoms with Gasteiger partial charge in [-0.15, -0.1) is 0 Å². The Kier molecular flexibility index (Phi) is 4.56. The number of carbonyl (C=O) groups is 2. The number of hydrogen-bond acceptors (Lipinski definition) is 5. The van der Waals surface area contributed by atoms with Crippen molar-refractivity contribution in [2.24, 2.45) is 0 Å². The van der Waals surface area contributed by atoms with Gasteiger partial charge in [-0.25, -0.2) is 9.59 Å². The summed E-state index contributed by atoms with van der Waals surface area (Å²) in [7, 11) is 0. The molecule has 5 heteroatoms. The van der Waals surface area contributed by atoms with Crippen molar-refractivity contribution in [1.82, 2.24) is 0 Å². The van der Waals surface area contributed by atoms with Gasteiger partial charge in [-0.2, -0.15) is 0 Å². The molecule has 2 rings (SSSR count). The van der Waals surface area contributed by atoms with Crippen molar-refractivity contribution in [2.45, 2.75) is 6.92 Å². The van der Waals surface area contributed by atoms with E-state index >= 15 is 0 Å². The van der Waals surface area contributed by atoms with E-state index < -0.39 is 11.9 Å². The second-order valence-corrected chi connectivity index (χ2v) is 4.18. The standard InChI is InChI=1S/C16H14O5/c1-2-20-15(18)11-5-9-14(10-6-11)21-16(19)12-3-7-13(17)8-4-12/h3-10,17H,2H2,1H3. The van der Waals surface area contributed by atoms with Crippen LogP contribution in [0.3, 0.4) is 0 Å². The van der Waals surface area contributed by atoms with Crippen molar-refractivity contribution in [3.63, 3.8) is 0 Å². The van der Waals surface area contributed by atoms with Gasteiger partial charge in [-0.3, -0.25) is 0 Å². The third kappa shape index (κ3) is 3.82. The van der Waals surface area contributed by atoms with Gasteiger partial charge < -0.3 is 14.6 Å². The van der Waals surface area contributed by atoms with E-state index in [-0.39, 0.29) is 5.75 Å². The van der Waals surface area contributed by atoms with E-state index in [2.05, 4.69) is 0 Å². The number of hydrogen-bond donors (Lipinski definition) is 1. The molecule has 108 valence electrons. The third-order valence-electron chi connectivity index (χ3n) is 2.68. The lowest BCUT2D eigenvalue weighted by atomic mass is 10.2. The number of ether oxygens (including phenoxy) is 2. The summed E-state index contributed by atoms with van der Waals surface area (Å²) < 4.78 is 10.0. The minimum absolute atomic E-state index is 0.0744. The first-order chi connectivity index (χ1) is 10.1. The molecule has 0 aliphatic rings. The number of benzene rings is 2. The zero-order valence-corrected chi connectivity index (χ0v) is 11.4. The molecule has 0 fully saturated rings. The monoisotopic (exact) mass is 286 g/mol.